The van der Waals surface area contributed by atoms with Crippen LogP contribution in [0.1, 0.15) is 5.69 Å². The average Bonchev–Trinajstić information content (AvgIpc) is 2.81. The largest absolute Gasteiger partial charge is 0.480 e. The molecule has 0 amide bonds. The van der Waals surface area contributed by atoms with Crippen molar-refractivity contribution in [2.24, 2.45) is 0 Å². The zero-order chi connectivity index (χ0) is 13.2. The van der Waals surface area contributed by atoms with E-state index >= 15 is 0 Å². The molecular weight excluding hydrogens is 246 g/mol. The fourth-order valence-electron chi connectivity index (χ4n) is 2.34. The van der Waals surface area contributed by atoms with Crippen LogP contribution in [0.4, 0.5) is 0 Å². The van der Waals surface area contributed by atoms with Crippen molar-refractivity contribution >= 4 is 11.7 Å². The second-order valence-corrected chi connectivity index (χ2v) is 4.59. The lowest BCUT2D eigenvalue weighted by atomic mass is 10.2. The molecule has 7 nitrogen and oxygen atoms in total. The summed E-state index contributed by atoms with van der Waals surface area (Å²) < 4.78 is 1.84. The molecule has 1 aliphatic heterocycles. The molecule has 3 heterocycles. The molecule has 0 radical (unpaired) electrons. The van der Waals surface area contributed by atoms with Gasteiger partial charge in [0.1, 0.15) is 6.04 Å². The molecule has 100 valence electrons. The van der Waals surface area contributed by atoms with Crippen molar-refractivity contribution in [2.45, 2.75) is 12.6 Å². The molecule has 1 fully saturated rings. The molecule has 0 bridgehead atoms. The minimum atomic E-state index is -0.797. The van der Waals surface area contributed by atoms with Gasteiger partial charge in [-0.2, -0.15) is 0 Å². The first kappa shape index (κ1) is 12.1. The summed E-state index contributed by atoms with van der Waals surface area (Å²) in [5, 5.41) is 12.3. The SMILES string of the molecule is O=C(O)C1CNCCN1Cc1cn2cccnc2n1. The minimum absolute atomic E-state index is 0.473. The summed E-state index contributed by atoms with van der Waals surface area (Å²) in [5.41, 5.74) is 0.840. The van der Waals surface area contributed by atoms with Crippen molar-refractivity contribution in [3.63, 3.8) is 0 Å². The number of fused-ring (bicyclic) bond motifs is 1. The van der Waals surface area contributed by atoms with Gasteiger partial charge in [-0.3, -0.25) is 14.1 Å². The summed E-state index contributed by atoms with van der Waals surface area (Å²) in [7, 11) is 0. The second kappa shape index (κ2) is 4.94. The van der Waals surface area contributed by atoms with Gasteiger partial charge in [0.25, 0.3) is 0 Å². The van der Waals surface area contributed by atoms with Crippen LogP contribution in [0.3, 0.4) is 0 Å². The van der Waals surface area contributed by atoms with Gasteiger partial charge < -0.3 is 10.4 Å². The zero-order valence-corrected chi connectivity index (χ0v) is 10.4. The molecule has 1 saturated heterocycles. The molecule has 2 aromatic heterocycles. The normalized spacial score (nSPS) is 20.7. The zero-order valence-electron chi connectivity index (χ0n) is 10.4. The van der Waals surface area contributed by atoms with E-state index in [9.17, 15) is 9.90 Å². The number of piperazine rings is 1. The third-order valence-corrected chi connectivity index (χ3v) is 3.29. The number of carbonyl (C=O) groups is 1. The Morgan fingerprint density at radius 1 is 1.58 bits per heavy atom. The number of carboxylic acids is 1. The number of carboxylic acid groups (broad SMARTS) is 1. The van der Waals surface area contributed by atoms with E-state index in [1.54, 1.807) is 6.20 Å². The highest BCUT2D eigenvalue weighted by molar-refractivity contribution is 5.74. The van der Waals surface area contributed by atoms with E-state index in [0.29, 0.717) is 25.4 Å². The Kier molecular flexibility index (Phi) is 3.14. The van der Waals surface area contributed by atoms with E-state index in [4.69, 9.17) is 0 Å². The standard InChI is InChI=1S/C12H15N5O2/c18-11(19)10-6-13-3-5-16(10)7-9-8-17-4-1-2-14-12(17)15-9/h1-2,4,8,10,13H,3,5-7H2,(H,18,19). The molecule has 0 aliphatic carbocycles. The van der Waals surface area contributed by atoms with E-state index in [2.05, 4.69) is 15.3 Å². The number of nitrogens with zero attached hydrogens (tertiary/aromatic N) is 4. The number of hydrogen-bond donors (Lipinski definition) is 2. The molecule has 7 heteroatoms. The maximum atomic E-state index is 11.2. The number of hydrogen-bond acceptors (Lipinski definition) is 5. The minimum Gasteiger partial charge on any atom is -0.480 e. The van der Waals surface area contributed by atoms with Gasteiger partial charge in [-0.15, -0.1) is 0 Å². The number of aliphatic carboxylic acids is 1. The summed E-state index contributed by atoms with van der Waals surface area (Å²) >= 11 is 0. The second-order valence-electron chi connectivity index (χ2n) is 4.59. The molecule has 0 spiro atoms. The number of nitrogens with one attached hydrogen (secondary N) is 1. The van der Waals surface area contributed by atoms with Crippen LogP contribution >= 0.6 is 0 Å². The quantitative estimate of drug-likeness (QED) is 0.781. The van der Waals surface area contributed by atoms with E-state index in [0.717, 1.165) is 12.2 Å². The van der Waals surface area contributed by atoms with Crippen molar-refractivity contribution in [2.75, 3.05) is 19.6 Å². The van der Waals surface area contributed by atoms with Crippen molar-refractivity contribution in [1.29, 1.82) is 0 Å². The van der Waals surface area contributed by atoms with Crippen molar-refractivity contribution in [3.8, 4) is 0 Å². The Hall–Kier alpha value is -1.99. The van der Waals surface area contributed by atoms with Gasteiger partial charge in [0.05, 0.1) is 5.69 Å². The highest BCUT2D eigenvalue weighted by Crippen LogP contribution is 2.10. The molecule has 3 rings (SSSR count). The Bertz CT molecular complexity index is 564. The Balaban J connectivity index is 1.80. The molecule has 0 aromatic carbocycles. The van der Waals surface area contributed by atoms with Crippen LogP contribution in [0.5, 0.6) is 0 Å². The van der Waals surface area contributed by atoms with Crippen molar-refractivity contribution in [1.82, 2.24) is 24.6 Å². The maximum Gasteiger partial charge on any atom is 0.322 e. The third-order valence-electron chi connectivity index (χ3n) is 3.29. The van der Waals surface area contributed by atoms with Gasteiger partial charge in [0.2, 0.25) is 5.78 Å². The van der Waals surface area contributed by atoms with Gasteiger partial charge in [0, 0.05) is 44.8 Å². The number of rotatable bonds is 3. The molecule has 2 N–H and O–H groups in total. The van der Waals surface area contributed by atoms with Crippen LogP contribution in [-0.2, 0) is 11.3 Å². The third kappa shape index (κ3) is 2.42. The van der Waals surface area contributed by atoms with E-state index < -0.39 is 12.0 Å². The lowest BCUT2D eigenvalue weighted by Crippen LogP contribution is -2.54. The highest BCUT2D eigenvalue weighted by atomic mass is 16.4. The Morgan fingerprint density at radius 2 is 2.47 bits per heavy atom. The topological polar surface area (TPSA) is 82.8 Å². The van der Waals surface area contributed by atoms with Gasteiger partial charge in [-0.25, -0.2) is 9.97 Å². The number of aromatic nitrogens is 3. The van der Waals surface area contributed by atoms with Crippen LogP contribution in [0.15, 0.2) is 24.7 Å². The lowest BCUT2D eigenvalue weighted by molar-refractivity contribution is -0.144. The van der Waals surface area contributed by atoms with E-state index in [-0.39, 0.29) is 0 Å². The molecule has 1 aliphatic rings. The molecule has 1 unspecified atom stereocenters. The first-order valence-electron chi connectivity index (χ1n) is 6.20. The first-order valence-corrected chi connectivity index (χ1v) is 6.20. The highest BCUT2D eigenvalue weighted by Gasteiger charge is 2.28. The molecule has 0 saturated carbocycles. The van der Waals surface area contributed by atoms with Crippen molar-refractivity contribution < 1.29 is 9.90 Å². The molecule has 2 aromatic rings. The van der Waals surface area contributed by atoms with Crippen molar-refractivity contribution in [3.05, 3.63) is 30.4 Å². The molecule has 19 heavy (non-hydrogen) atoms. The molecule has 1 atom stereocenters. The van der Waals surface area contributed by atoms with Gasteiger partial charge in [-0.1, -0.05) is 0 Å². The predicted octanol–water partition coefficient (Wildman–Crippen LogP) is -0.412. The van der Waals surface area contributed by atoms with Crippen LogP contribution < -0.4 is 5.32 Å². The summed E-state index contributed by atoms with van der Waals surface area (Å²) in [6.45, 7) is 2.51. The molecular formula is C12H15N5O2. The van der Waals surface area contributed by atoms with E-state index in [1.165, 1.54) is 0 Å². The smallest absolute Gasteiger partial charge is 0.322 e. The summed E-state index contributed by atoms with van der Waals surface area (Å²) in [4.78, 5) is 21.7. The predicted molar refractivity (Wildman–Crippen MR) is 67.7 cm³/mol. The van der Waals surface area contributed by atoms with Crippen LogP contribution in [-0.4, -0.2) is 56.0 Å². The van der Waals surface area contributed by atoms with E-state index in [1.807, 2.05) is 27.8 Å². The van der Waals surface area contributed by atoms with Crippen LogP contribution in [0.25, 0.3) is 5.78 Å². The fraction of sp³-hybridized carbons (Fsp3) is 0.417. The monoisotopic (exact) mass is 261 g/mol. The first-order chi connectivity index (χ1) is 9.24. The maximum absolute atomic E-state index is 11.2. The van der Waals surface area contributed by atoms with Gasteiger partial charge in [-0.05, 0) is 6.07 Å². The summed E-state index contributed by atoms with van der Waals surface area (Å²) in [5.74, 6) is -0.159. The Labute approximate surface area is 109 Å². The van der Waals surface area contributed by atoms with Gasteiger partial charge in [0.15, 0.2) is 0 Å². The number of imidazole rings is 1. The van der Waals surface area contributed by atoms with Crippen LogP contribution in [0, 0.1) is 0 Å². The fourth-order valence-corrected chi connectivity index (χ4v) is 2.34. The van der Waals surface area contributed by atoms with Crippen LogP contribution in [0.2, 0.25) is 0 Å². The average molecular weight is 261 g/mol. The lowest BCUT2D eigenvalue weighted by Gasteiger charge is -2.32. The summed E-state index contributed by atoms with van der Waals surface area (Å²) in [6.07, 6.45) is 5.46. The summed E-state index contributed by atoms with van der Waals surface area (Å²) in [6, 6.07) is 1.34. The van der Waals surface area contributed by atoms with Gasteiger partial charge >= 0.3 is 5.97 Å². The Morgan fingerprint density at radius 3 is 3.26 bits per heavy atom.